The van der Waals surface area contributed by atoms with Gasteiger partial charge in [-0.1, -0.05) is 43.7 Å². The second-order valence-corrected chi connectivity index (χ2v) is 9.40. The fourth-order valence-corrected chi connectivity index (χ4v) is 3.08. The molecule has 0 radical (unpaired) electrons. The predicted molar refractivity (Wildman–Crippen MR) is 102 cm³/mol. The van der Waals surface area contributed by atoms with E-state index in [1.165, 1.54) is 17.4 Å². The topological polar surface area (TPSA) is 70.6 Å². The van der Waals surface area contributed by atoms with Crippen molar-refractivity contribution < 1.29 is 8.42 Å². The van der Waals surface area contributed by atoms with Gasteiger partial charge in [0.15, 0.2) is 5.96 Å². The molecule has 2 N–H and O–H groups in total. The molecule has 0 fully saturated rings. The van der Waals surface area contributed by atoms with Crippen LogP contribution >= 0.6 is 0 Å². The summed E-state index contributed by atoms with van der Waals surface area (Å²) in [5.41, 5.74) is 2.47. The Labute approximate surface area is 146 Å². The zero-order valence-corrected chi connectivity index (χ0v) is 16.5. The Morgan fingerprint density at radius 3 is 2.33 bits per heavy atom. The highest BCUT2D eigenvalue weighted by Crippen LogP contribution is 2.22. The lowest BCUT2D eigenvalue weighted by molar-refractivity contribution is 0.503. The molecule has 1 aromatic rings. The van der Waals surface area contributed by atoms with Crippen molar-refractivity contribution in [3.8, 4) is 0 Å². The van der Waals surface area contributed by atoms with Gasteiger partial charge in [0.2, 0.25) is 0 Å². The zero-order chi connectivity index (χ0) is 18.4. The maximum Gasteiger partial charge on any atom is 0.191 e. The molecule has 0 heterocycles. The molecule has 0 aliphatic carbocycles. The minimum absolute atomic E-state index is 0.0356. The Morgan fingerprint density at radius 1 is 1.25 bits per heavy atom. The van der Waals surface area contributed by atoms with Gasteiger partial charge in [0.05, 0.1) is 5.75 Å². The van der Waals surface area contributed by atoms with Crippen molar-refractivity contribution >= 4 is 15.8 Å². The second kappa shape index (κ2) is 8.51. The smallest absolute Gasteiger partial charge is 0.191 e. The van der Waals surface area contributed by atoms with E-state index >= 15 is 0 Å². The Bertz CT molecular complexity index is 649. The number of nitrogens with zero attached hydrogens (tertiary/aromatic N) is 1. The van der Waals surface area contributed by atoms with Crippen LogP contribution in [0.5, 0.6) is 0 Å². The van der Waals surface area contributed by atoms with Crippen LogP contribution in [0.1, 0.15) is 38.3 Å². The van der Waals surface area contributed by atoms with Gasteiger partial charge in [-0.25, -0.2) is 8.42 Å². The Hall–Kier alpha value is -1.56. The van der Waals surface area contributed by atoms with Gasteiger partial charge in [-0.05, 0) is 25.8 Å². The lowest BCUT2D eigenvalue weighted by atomic mass is 9.84. The molecule has 5 nitrogen and oxygen atoms in total. The molecule has 0 saturated carbocycles. The number of aliphatic imine (C=N–C) groups is 1. The molecular weight excluding hydrogens is 322 g/mol. The number of aryl methyl sites for hydroxylation is 1. The first-order chi connectivity index (χ1) is 11.0. The van der Waals surface area contributed by atoms with Gasteiger partial charge < -0.3 is 10.6 Å². The summed E-state index contributed by atoms with van der Waals surface area (Å²) in [4.78, 5) is 4.23. The fourth-order valence-electron chi connectivity index (χ4n) is 2.30. The maximum atomic E-state index is 11.3. The van der Waals surface area contributed by atoms with E-state index < -0.39 is 9.84 Å². The molecule has 24 heavy (non-hydrogen) atoms. The van der Waals surface area contributed by atoms with Gasteiger partial charge in [-0.3, -0.25) is 4.99 Å². The number of benzene rings is 1. The van der Waals surface area contributed by atoms with Crippen LogP contribution in [0.4, 0.5) is 0 Å². The highest BCUT2D eigenvalue weighted by molar-refractivity contribution is 7.90. The van der Waals surface area contributed by atoms with Gasteiger partial charge in [-0.2, -0.15) is 0 Å². The summed E-state index contributed by atoms with van der Waals surface area (Å²) in [6.07, 6.45) is 1.82. The number of hydrogen-bond acceptors (Lipinski definition) is 3. The zero-order valence-electron chi connectivity index (χ0n) is 15.7. The molecule has 6 heteroatoms. The molecule has 1 aromatic carbocycles. The monoisotopic (exact) mass is 353 g/mol. The molecule has 0 amide bonds. The van der Waals surface area contributed by atoms with Crippen LogP contribution < -0.4 is 10.6 Å². The molecule has 0 aliphatic rings. The number of sulfone groups is 1. The first-order valence-electron chi connectivity index (χ1n) is 8.25. The van der Waals surface area contributed by atoms with E-state index in [4.69, 9.17) is 0 Å². The van der Waals surface area contributed by atoms with E-state index in [9.17, 15) is 8.42 Å². The Kier molecular flexibility index (Phi) is 7.27. The summed E-state index contributed by atoms with van der Waals surface area (Å²) in [6, 6.07) is 8.59. The normalized spacial score (nSPS) is 14.3. The van der Waals surface area contributed by atoms with Crippen molar-refractivity contribution in [1.82, 2.24) is 10.6 Å². The molecular formula is C18H31N3O2S. The third kappa shape index (κ3) is 7.34. The van der Waals surface area contributed by atoms with Crippen molar-refractivity contribution in [3.63, 3.8) is 0 Å². The van der Waals surface area contributed by atoms with Crippen LogP contribution in [-0.4, -0.2) is 46.0 Å². The molecule has 0 spiro atoms. The molecule has 0 bridgehead atoms. The first kappa shape index (κ1) is 20.5. The largest absolute Gasteiger partial charge is 0.356 e. The summed E-state index contributed by atoms with van der Waals surface area (Å²) in [7, 11) is -1.22. The van der Waals surface area contributed by atoms with Crippen molar-refractivity contribution in [3.05, 3.63) is 35.4 Å². The van der Waals surface area contributed by atoms with Crippen LogP contribution in [-0.2, 0) is 15.3 Å². The SMILES string of the molecule is CN=C(NCC(C)(C)c1ccc(C)cc1)NC(C)CCS(C)(=O)=O. The summed E-state index contributed by atoms with van der Waals surface area (Å²) in [6.45, 7) is 9.15. The molecule has 136 valence electrons. The summed E-state index contributed by atoms with van der Waals surface area (Å²) < 4.78 is 22.5. The minimum Gasteiger partial charge on any atom is -0.356 e. The predicted octanol–water partition coefficient (Wildman–Crippen LogP) is 2.26. The molecule has 0 saturated heterocycles. The van der Waals surface area contributed by atoms with E-state index in [0.29, 0.717) is 12.4 Å². The standard InChI is InChI=1S/C18H31N3O2S/c1-14-7-9-16(10-8-14)18(3,4)13-20-17(19-5)21-15(2)11-12-24(6,22)23/h7-10,15H,11-13H2,1-6H3,(H2,19,20,21). The van der Waals surface area contributed by atoms with Crippen LogP contribution in [0.2, 0.25) is 0 Å². The summed E-state index contributed by atoms with van der Waals surface area (Å²) in [5.74, 6) is 0.865. The van der Waals surface area contributed by atoms with Crippen molar-refractivity contribution in [2.75, 3.05) is 25.6 Å². The first-order valence-corrected chi connectivity index (χ1v) is 10.3. The molecule has 0 aliphatic heterocycles. The van der Waals surface area contributed by atoms with E-state index in [1.807, 2.05) is 6.92 Å². The average molecular weight is 354 g/mol. The number of hydrogen-bond donors (Lipinski definition) is 2. The fraction of sp³-hybridized carbons (Fsp3) is 0.611. The van der Waals surface area contributed by atoms with E-state index in [2.05, 4.69) is 60.7 Å². The van der Waals surface area contributed by atoms with Crippen LogP contribution in [0.25, 0.3) is 0 Å². The summed E-state index contributed by atoms with van der Waals surface area (Å²) >= 11 is 0. The Morgan fingerprint density at radius 2 is 1.83 bits per heavy atom. The number of nitrogens with one attached hydrogen (secondary N) is 2. The third-order valence-electron chi connectivity index (χ3n) is 4.06. The Balaban J connectivity index is 2.58. The van der Waals surface area contributed by atoms with E-state index in [-0.39, 0.29) is 17.2 Å². The van der Waals surface area contributed by atoms with Crippen molar-refractivity contribution in [2.45, 2.75) is 45.6 Å². The lowest BCUT2D eigenvalue weighted by Gasteiger charge is -2.27. The van der Waals surface area contributed by atoms with Gasteiger partial charge in [-0.15, -0.1) is 0 Å². The van der Waals surface area contributed by atoms with Gasteiger partial charge in [0.25, 0.3) is 0 Å². The maximum absolute atomic E-state index is 11.3. The molecule has 0 aromatic heterocycles. The van der Waals surface area contributed by atoms with Crippen LogP contribution in [0.3, 0.4) is 0 Å². The highest BCUT2D eigenvalue weighted by Gasteiger charge is 2.21. The number of guanidine groups is 1. The average Bonchev–Trinajstić information content (AvgIpc) is 2.49. The third-order valence-corrected chi connectivity index (χ3v) is 5.04. The van der Waals surface area contributed by atoms with Crippen LogP contribution in [0.15, 0.2) is 29.3 Å². The molecule has 1 atom stereocenters. The summed E-state index contributed by atoms with van der Waals surface area (Å²) in [5, 5.41) is 6.59. The van der Waals surface area contributed by atoms with Gasteiger partial charge in [0.1, 0.15) is 9.84 Å². The van der Waals surface area contributed by atoms with Crippen LogP contribution in [0, 0.1) is 6.92 Å². The van der Waals surface area contributed by atoms with E-state index in [1.54, 1.807) is 7.05 Å². The van der Waals surface area contributed by atoms with Gasteiger partial charge >= 0.3 is 0 Å². The van der Waals surface area contributed by atoms with Gasteiger partial charge in [0, 0.05) is 31.3 Å². The molecule has 1 unspecified atom stereocenters. The number of rotatable bonds is 7. The minimum atomic E-state index is -2.94. The highest BCUT2D eigenvalue weighted by atomic mass is 32.2. The molecule has 1 rings (SSSR count). The van der Waals surface area contributed by atoms with Crippen molar-refractivity contribution in [2.24, 2.45) is 4.99 Å². The van der Waals surface area contributed by atoms with E-state index in [0.717, 1.165) is 6.54 Å². The quantitative estimate of drug-likeness (QED) is 0.583. The lowest BCUT2D eigenvalue weighted by Crippen LogP contribution is -2.46. The van der Waals surface area contributed by atoms with Crippen molar-refractivity contribution in [1.29, 1.82) is 0 Å². The second-order valence-electron chi connectivity index (χ2n) is 7.14.